The number of nitrogens with one attached hydrogen (secondary N) is 1. The number of nitrogens with zero attached hydrogens (tertiary/aromatic N) is 1. The van der Waals surface area contributed by atoms with Crippen LogP contribution in [0.3, 0.4) is 0 Å². The summed E-state index contributed by atoms with van der Waals surface area (Å²) in [4.78, 5) is 27.6. The lowest BCUT2D eigenvalue weighted by Gasteiger charge is -2.35. The Morgan fingerprint density at radius 2 is 1.73 bits per heavy atom. The van der Waals surface area contributed by atoms with Crippen molar-refractivity contribution in [3.8, 4) is 0 Å². The average molecular weight is 449 g/mol. The molecule has 1 N–H and O–H groups in total. The number of amides is 1. The monoisotopic (exact) mass is 448 g/mol. The van der Waals surface area contributed by atoms with E-state index in [-0.39, 0.29) is 11.7 Å². The minimum atomic E-state index is -3.32. The normalized spacial score (nSPS) is 16.9. The van der Waals surface area contributed by atoms with E-state index >= 15 is 0 Å². The molecule has 2 aromatic rings. The SMILES string of the molecule is CS(=O)(=O)Nc1ccc(CCC(=O)N2CCCCC2C(=O)c2ccc(Cl)cc2)cc1. The van der Waals surface area contributed by atoms with Gasteiger partial charge in [-0.3, -0.25) is 14.3 Å². The number of hydrogen-bond donors (Lipinski definition) is 1. The zero-order chi connectivity index (χ0) is 21.7. The summed E-state index contributed by atoms with van der Waals surface area (Å²) < 4.78 is 25.0. The fourth-order valence-corrected chi connectivity index (χ4v) is 4.35. The zero-order valence-corrected chi connectivity index (χ0v) is 18.4. The van der Waals surface area contributed by atoms with Gasteiger partial charge < -0.3 is 4.90 Å². The van der Waals surface area contributed by atoms with E-state index in [1.807, 2.05) is 0 Å². The number of carbonyl (C=O) groups excluding carboxylic acids is 2. The fraction of sp³-hybridized carbons (Fsp3) is 0.364. The van der Waals surface area contributed by atoms with Gasteiger partial charge in [-0.15, -0.1) is 0 Å². The third-order valence-corrected chi connectivity index (χ3v) is 6.00. The Hall–Kier alpha value is -2.38. The molecule has 1 atom stereocenters. The van der Waals surface area contributed by atoms with Crippen molar-refractivity contribution >= 4 is 39.0 Å². The van der Waals surface area contributed by atoms with Crippen molar-refractivity contribution in [3.05, 3.63) is 64.7 Å². The number of ketones is 1. The molecule has 30 heavy (non-hydrogen) atoms. The Kier molecular flexibility index (Phi) is 7.15. The molecule has 0 bridgehead atoms. The summed E-state index contributed by atoms with van der Waals surface area (Å²) in [6, 6.07) is 13.3. The summed E-state index contributed by atoms with van der Waals surface area (Å²) in [6.07, 6.45) is 4.39. The Morgan fingerprint density at radius 3 is 2.37 bits per heavy atom. The van der Waals surface area contributed by atoms with Crippen LogP contribution in [0.15, 0.2) is 48.5 Å². The lowest BCUT2D eigenvalue weighted by Crippen LogP contribution is -2.48. The third-order valence-electron chi connectivity index (χ3n) is 5.14. The van der Waals surface area contributed by atoms with Crippen LogP contribution in [0.1, 0.15) is 41.6 Å². The molecule has 3 rings (SSSR count). The topological polar surface area (TPSA) is 83.6 Å². The van der Waals surface area contributed by atoms with E-state index in [4.69, 9.17) is 11.6 Å². The van der Waals surface area contributed by atoms with E-state index in [2.05, 4.69) is 4.72 Å². The molecule has 0 radical (unpaired) electrons. The highest BCUT2D eigenvalue weighted by Crippen LogP contribution is 2.23. The van der Waals surface area contributed by atoms with Crippen molar-refractivity contribution in [2.24, 2.45) is 0 Å². The molecule has 1 heterocycles. The number of hydrogen-bond acceptors (Lipinski definition) is 4. The van der Waals surface area contributed by atoms with Gasteiger partial charge in [-0.2, -0.15) is 0 Å². The molecule has 8 heteroatoms. The largest absolute Gasteiger partial charge is 0.332 e. The van der Waals surface area contributed by atoms with Crippen molar-refractivity contribution < 1.29 is 18.0 Å². The maximum absolute atomic E-state index is 13.0. The molecule has 2 aromatic carbocycles. The van der Waals surface area contributed by atoms with Crippen LogP contribution in [-0.2, 0) is 21.2 Å². The van der Waals surface area contributed by atoms with Gasteiger partial charge in [0.15, 0.2) is 5.78 Å². The standard InChI is InChI=1S/C22H25ClN2O4S/c1-30(28,29)24-19-12-5-16(6-13-19)7-14-21(26)25-15-3-2-4-20(25)22(27)17-8-10-18(23)11-9-17/h5-6,8-13,20,24H,2-4,7,14-15H2,1H3. The number of piperidine rings is 1. The van der Waals surface area contributed by atoms with Gasteiger partial charge >= 0.3 is 0 Å². The van der Waals surface area contributed by atoms with Gasteiger partial charge in [-0.05, 0) is 67.6 Å². The summed E-state index contributed by atoms with van der Waals surface area (Å²) >= 11 is 5.91. The number of carbonyl (C=O) groups is 2. The van der Waals surface area contributed by atoms with Gasteiger partial charge in [0.25, 0.3) is 0 Å². The van der Waals surface area contributed by atoms with Crippen LogP contribution in [0.2, 0.25) is 5.02 Å². The maximum Gasteiger partial charge on any atom is 0.229 e. The fourth-order valence-electron chi connectivity index (χ4n) is 3.66. The third kappa shape index (κ3) is 6.06. The van der Waals surface area contributed by atoms with E-state index in [9.17, 15) is 18.0 Å². The lowest BCUT2D eigenvalue weighted by atomic mass is 9.93. The Labute approximate surface area is 182 Å². The first-order valence-corrected chi connectivity index (χ1v) is 12.2. The highest BCUT2D eigenvalue weighted by Gasteiger charge is 2.32. The molecule has 0 saturated carbocycles. The van der Waals surface area contributed by atoms with Gasteiger partial charge in [-0.25, -0.2) is 8.42 Å². The Bertz CT molecular complexity index is 1000. The Morgan fingerprint density at radius 1 is 1.07 bits per heavy atom. The predicted molar refractivity (Wildman–Crippen MR) is 118 cm³/mol. The van der Waals surface area contributed by atoms with Crippen molar-refractivity contribution in [1.29, 1.82) is 0 Å². The summed E-state index contributed by atoms with van der Waals surface area (Å²) in [5.74, 6) is -0.0868. The first kappa shape index (κ1) is 22.3. The van der Waals surface area contributed by atoms with Crippen LogP contribution in [0, 0.1) is 0 Å². The number of sulfonamides is 1. The molecule has 1 fully saturated rings. The number of aryl methyl sites for hydroxylation is 1. The van der Waals surface area contributed by atoms with Gasteiger partial charge in [0.1, 0.15) is 0 Å². The second-order valence-corrected chi connectivity index (χ2v) is 9.73. The highest BCUT2D eigenvalue weighted by atomic mass is 35.5. The lowest BCUT2D eigenvalue weighted by molar-refractivity contribution is -0.133. The van der Waals surface area contributed by atoms with Crippen LogP contribution in [0.5, 0.6) is 0 Å². The smallest absolute Gasteiger partial charge is 0.229 e. The molecule has 1 aliphatic heterocycles. The number of anilines is 1. The van der Waals surface area contributed by atoms with E-state index < -0.39 is 16.1 Å². The summed E-state index contributed by atoms with van der Waals surface area (Å²) in [5, 5.41) is 0.570. The molecular weight excluding hydrogens is 424 g/mol. The molecule has 1 aliphatic rings. The molecule has 1 amide bonds. The summed E-state index contributed by atoms with van der Waals surface area (Å²) in [7, 11) is -3.32. The van der Waals surface area contributed by atoms with Crippen LogP contribution in [0.25, 0.3) is 0 Å². The molecule has 0 spiro atoms. The maximum atomic E-state index is 13.0. The second-order valence-electron chi connectivity index (χ2n) is 7.54. The number of rotatable bonds is 7. The number of benzene rings is 2. The minimum absolute atomic E-state index is 0.0413. The number of likely N-dealkylation sites (tertiary alicyclic amines) is 1. The summed E-state index contributed by atoms with van der Waals surface area (Å²) in [6.45, 7) is 0.583. The van der Waals surface area contributed by atoms with Crippen molar-refractivity contribution in [3.63, 3.8) is 0 Å². The van der Waals surface area contributed by atoms with E-state index in [0.717, 1.165) is 24.7 Å². The molecule has 1 unspecified atom stereocenters. The van der Waals surface area contributed by atoms with Gasteiger partial charge in [0.2, 0.25) is 15.9 Å². The zero-order valence-electron chi connectivity index (χ0n) is 16.8. The van der Waals surface area contributed by atoms with Crippen LogP contribution in [-0.4, -0.2) is 43.9 Å². The quantitative estimate of drug-likeness (QED) is 0.651. The average Bonchev–Trinajstić information content (AvgIpc) is 2.72. The van der Waals surface area contributed by atoms with Crippen LogP contribution in [0.4, 0.5) is 5.69 Å². The number of Topliss-reactive ketones (excluding diaryl/α,β-unsaturated/α-hetero) is 1. The second kappa shape index (κ2) is 9.62. The predicted octanol–water partition coefficient (Wildman–Crippen LogP) is 3.91. The highest BCUT2D eigenvalue weighted by molar-refractivity contribution is 7.92. The minimum Gasteiger partial charge on any atom is -0.332 e. The summed E-state index contributed by atoms with van der Waals surface area (Å²) in [5.41, 5.74) is 1.98. The first-order chi connectivity index (χ1) is 14.2. The van der Waals surface area contributed by atoms with Gasteiger partial charge in [0, 0.05) is 29.2 Å². The van der Waals surface area contributed by atoms with Crippen molar-refractivity contribution in [1.82, 2.24) is 4.90 Å². The molecule has 6 nitrogen and oxygen atoms in total. The molecular formula is C22H25ClN2O4S. The Balaban J connectivity index is 1.62. The van der Waals surface area contributed by atoms with Crippen LogP contribution >= 0.6 is 11.6 Å². The van der Waals surface area contributed by atoms with Crippen molar-refractivity contribution in [2.45, 2.75) is 38.1 Å². The van der Waals surface area contributed by atoms with E-state index in [1.54, 1.807) is 53.4 Å². The molecule has 0 aromatic heterocycles. The molecule has 1 saturated heterocycles. The van der Waals surface area contributed by atoms with E-state index in [0.29, 0.717) is 42.1 Å². The molecule has 160 valence electrons. The van der Waals surface area contributed by atoms with Crippen LogP contribution < -0.4 is 4.72 Å². The van der Waals surface area contributed by atoms with Gasteiger partial charge in [0.05, 0.1) is 12.3 Å². The van der Waals surface area contributed by atoms with Gasteiger partial charge in [-0.1, -0.05) is 23.7 Å². The van der Waals surface area contributed by atoms with E-state index in [1.165, 1.54) is 0 Å². The molecule has 0 aliphatic carbocycles. The number of halogens is 1. The first-order valence-electron chi connectivity index (χ1n) is 9.89. The van der Waals surface area contributed by atoms with Crippen molar-refractivity contribution in [2.75, 3.05) is 17.5 Å².